The van der Waals surface area contributed by atoms with Gasteiger partial charge in [-0.3, -0.25) is 4.57 Å². The first-order valence-corrected chi connectivity index (χ1v) is 4.93. The molecule has 0 fully saturated rings. The Morgan fingerprint density at radius 2 is 2.18 bits per heavy atom. The van der Waals surface area contributed by atoms with Gasteiger partial charge in [0.2, 0.25) is 0 Å². The number of nitrogen functional groups attached to an aromatic ring is 1. The number of aromatic amines is 1. The quantitative estimate of drug-likeness (QED) is 0.821. The van der Waals surface area contributed by atoms with Crippen molar-refractivity contribution >= 4 is 5.82 Å². The van der Waals surface area contributed by atoms with Gasteiger partial charge in [-0.1, -0.05) is 0 Å². The molecule has 0 amide bonds. The van der Waals surface area contributed by atoms with E-state index in [0.717, 1.165) is 0 Å². The van der Waals surface area contributed by atoms with E-state index in [0.29, 0.717) is 17.0 Å². The van der Waals surface area contributed by atoms with E-state index in [9.17, 15) is 9.18 Å². The van der Waals surface area contributed by atoms with Crippen LogP contribution in [0.4, 0.5) is 10.2 Å². The molecular weight excluding hydrogens is 225 g/mol. The topological polar surface area (TPSA) is 73.0 Å². The fourth-order valence-electron chi connectivity index (χ4n) is 1.61. The van der Waals surface area contributed by atoms with Gasteiger partial charge in [0.1, 0.15) is 17.4 Å². The summed E-state index contributed by atoms with van der Waals surface area (Å²) in [6.45, 7) is 0. The van der Waals surface area contributed by atoms with Gasteiger partial charge in [-0.15, -0.1) is 0 Å². The zero-order valence-corrected chi connectivity index (χ0v) is 9.45. The number of methoxy groups -OCH3 is 1. The Morgan fingerprint density at radius 3 is 2.71 bits per heavy atom. The smallest absolute Gasteiger partial charge is 0.327 e. The van der Waals surface area contributed by atoms with E-state index < -0.39 is 5.82 Å². The predicted molar refractivity (Wildman–Crippen MR) is 62.4 cm³/mol. The first-order chi connectivity index (χ1) is 8.04. The van der Waals surface area contributed by atoms with Crippen molar-refractivity contribution in [3.8, 4) is 17.0 Å². The van der Waals surface area contributed by atoms with Crippen molar-refractivity contribution < 1.29 is 9.13 Å². The Balaban J connectivity index is 2.71. The lowest BCUT2D eigenvalue weighted by Gasteiger charge is -2.07. The van der Waals surface area contributed by atoms with Gasteiger partial charge in [0.05, 0.1) is 12.8 Å². The summed E-state index contributed by atoms with van der Waals surface area (Å²) in [5.41, 5.74) is 6.18. The first-order valence-electron chi connectivity index (χ1n) is 4.93. The van der Waals surface area contributed by atoms with Crippen LogP contribution >= 0.6 is 0 Å². The Labute approximate surface area is 96.6 Å². The molecule has 3 N–H and O–H groups in total. The average molecular weight is 237 g/mol. The molecule has 2 aromatic rings. The van der Waals surface area contributed by atoms with Crippen LogP contribution in [0.1, 0.15) is 0 Å². The van der Waals surface area contributed by atoms with Crippen LogP contribution < -0.4 is 16.2 Å². The number of aromatic nitrogens is 2. The maximum Gasteiger partial charge on any atom is 0.327 e. The van der Waals surface area contributed by atoms with Gasteiger partial charge < -0.3 is 15.5 Å². The van der Waals surface area contributed by atoms with Crippen LogP contribution in [0, 0.1) is 5.82 Å². The minimum Gasteiger partial charge on any atom is -0.496 e. The van der Waals surface area contributed by atoms with Crippen LogP contribution in [-0.2, 0) is 7.05 Å². The molecule has 2 rings (SSSR count). The number of ether oxygens (including phenoxy) is 1. The van der Waals surface area contributed by atoms with Gasteiger partial charge in [0, 0.05) is 12.6 Å². The van der Waals surface area contributed by atoms with E-state index in [1.165, 1.54) is 36.9 Å². The summed E-state index contributed by atoms with van der Waals surface area (Å²) in [4.78, 5) is 14.0. The summed E-state index contributed by atoms with van der Waals surface area (Å²) in [6.07, 6.45) is 0. The van der Waals surface area contributed by atoms with Gasteiger partial charge in [0.15, 0.2) is 0 Å². The Hall–Kier alpha value is -2.24. The molecule has 5 nitrogen and oxygen atoms in total. The van der Waals surface area contributed by atoms with Gasteiger partial charge in [0.25, 0.3) is 0 Å². The van der Waals surface area contributed by atoms with Crippen LogP contribution in [0.5, 0.6) is 5.75 Å². The van der Waals surface area contributed by atoms with Gasteiger partial charge in [-0.25, -0.2) is 9.18 Å². The molecule has 0 bridgehead atoms. The summed E-state index contributed by atoms with van der Waals surface area (Å²) < 4.78 is 19.6. The molecule has 1 heterocycles. The van der Waals surface area contributed by atoms with Gasteiger partial charge in [-0.2, -0.15) is 0 Å². The molecule has 1 aromatic heterocycles. The normalized spacial score (nSPS) is 10.5. The highest BCUT2D eigenvalue weighted by molar-refractivity contribution is 5.75. The van der Waals surface area contributed by atoms with Crippen molar-refractivity contribution in [1.29, 1.82) is 0 Å². The summed E-state index contributed by atoms with van der Waals surface area (Å²) in [6, 6.07) is 4.02. The number of nitrogens with two attached hydrogens (primary N) is 1. The number of hydrogen-bond acceptors (Lipinski definition) is 3. The molecule has 0 saturated heterocycles. The molecule has 6 heteroatoms. The number of H-pyrrole nitrogens is 1. The Bertz CT molecular complexity index is 616. The lowest BCUT2D eigenvalue weighted by atomic mass is 10.1. The maximum absolute atomic E-state index is 13.2. The lowest BCUT2D eigenvalue weighted by molar-refractivity contribution is 0.415. The molecular formula is C11H12FN3O2. The highest BCUT2D eigenvalue weighted by Gasteiger charge is 2.15. The van der Waals surface area contributed by atoms with Crippen molar-refractivity contribution in [2.45, 2.75) is 0 Å². The molecule has 0 atom stereocenters. The molecule has 0 saturated carbocycles. The van der Waals surface area contributed by atoms with Crippen molar-refractivity contribution in [3.63, 3.8) is 0 Å². The van der Waals surface area contributed by atoms with E-state index >= 15 is 0 Å². The molecule has 0 aliphatic carbocycles. The zero-order chi connectivity index (χ0) is 12.6. The molecule has 1 aromatic carbocycles. The number of benzene rings is 1. The molecule has 0 aliphatic rings. The van der Waals surface area contributed by atoms with Crippen LogP contribution in [0.3, 0.4) is 0 Å². The minimum atomic E-state index is -0.426. The summed E-state index contributed by atoms with van der Waals surface area (Å²) in [7, 11) is 3.00. The highest BCUT2D eigenvalue weighted by Crippen LogP contribution is 2.31. The van der Waals surface area contributed by atoms with Gasteiger partial charge >= 0.3 is 5.69 Å². The van der Waals surface area contributed by atoms with E-state index in [2.05, 4.69) is 4.98 Å². The standard InChI is InChI=1S/C11H12FN3O2/c1-15-10(13)9(14-11(15)16)7-5-6(12)3-4-8(7)17-2/h3-5H,13H2,1-2H3,(H,14,16). The number of nitrogens with one attached hydrogen (secondary N) is 1. The largest absolute Gasteiger partial charge is 0.496 e. The van der Waals surface area contributed by atoms with Crippen LogP contribution in [0.25, 0.3) is 11.3 Å². The van der Waals surface area contributed by atoms with E-state index in [1.807, 2.05) is 0 Å². The van der Waals surface area contributed by atoms with Crippen LogP contribution in [0.15, 0.2) is 23.0 Å². The fraction of sp³-hybridized carbons (Fsp3) is 0.182. The number of hydrogen-bond donors (Lipinski definition) is 2. The molecule has 0 aliphatic heterocycles. The molecule has 0 radical (unpaired) electrons. The number of halogens is 1. The molecule has 90 valence electrons. The van der Waals surface area contributed by atoms with Crippen molar-refractivity contribution in [2.75, 3.05) is 12.8 Å². The fourth-order valence-corrected chi connectivity index (χ4v) is 1.61. The van der Waals surface area contributed by atoms with E-state index in [-0.39, 0.29) is 11.5 Å². The predicted octanol–water partition coefficient (Wildman–Crippen LogP) is 1.11. The molecule has 0 spiro atoms. The second-order valence-corrected chi connectivity index (χ2v) is 3.59. The third kappa shape index (κ3) is 1.77. The summed E-state index contributed by atoms with van der Waals surface area (Å²) in [5, 5.41) is 0. The van der Waals surface area contributed by atoms with Crippen molar-refractivity contribution in [1.82, 2.24) is 9.55 Å². The number of nitrogens with zero attached hydrogens (tertiary/aromatic N) is 1. The molecule has 0 unspecified atom stereocenters. The first kappa shape index (κ1) is 11.3. The minimum absolute atomic E-state index is 0.235. The van der Waals surface area contributed by atoms with Crippen molar-refractivity contribution in [2.24, 2.45) is 7.05 Å². The van der Waals surface area contributed by atoms with Crippen molar-refractivity contribution in [3.05, 3.63) is 34.5 Å². The lowest BCUT2D eigenvalue weighted by Crippen LogP contribution is -2.13. The second kappa shape index (κ2) is 3.97. The average Bonchev–Trinajstić information content (AvgIpc) is 2.57. The highest BCUT2D eigenvalue weighted by atomic mass is 19.1. The van der Waals surface area contributed by atoms with E-state index in [4.69, 9.17) is 10.5 Å². The SMILES string of the molecule is COc1ccc(F)cc1-c1[nH]c(=O)n(C)c1N. The third-order valence-electron chi connectivity index (χ3n) is 2.58. The third-order valence-corrected chi connectivity index (χ3v) is 2.58. The van der Waals surface area contributed by atoms with Gasteiger partial charge in [-0.05, 0) is 18.2 Å². The number of rotatable bonds is 2. The molecule has 17 heavy (non-hydrogen) atoms. The zero-order valence-electron chi connectivity index (χ0n) is 9.45. The number of anilines is 1. The van der Waals surface area contributed by atoms with E-state index in [1.54, 1.807) is 0 Å². The number of imidazole rings is 1. The second-order valence-electron chi connectivity index (χ2n) is 3.59. The maximum atomic E-state index is 13.2. The Kier molecular flexibility index (Phi) is 2.63. The summed E-state index contributed by atoms with van der Waals surface area (Å²) in [5.74, 6) is 0.253. The summed E-state index contributed by atoms with van der Waals surface area (Å²) >= 11 is 0. The van der Waals surface area contributed by atoms with Crippen LogP contribution in [-0.4, -0.2) is 16.7 Å². The Morgan fingerprint density at radius 1 is 1.47 bits per heavy atom. The van der Waals surface area contributed by atoms with Crippen LogP contribution in [0.2, 0.25) is 0 Å². The monoisotopic (exact) mass is 237 g/mol.